The van der Waals surface area contributed by atoms with Crippen LogP contribution in [-0.2, 0) is 11.3 Å². The molecule has 1 fully saturated rings. The molecule has 2 aromatic rings. The summed E-state index contributed by atoms with van der Waals surface area (Å²) in [6.45, 7) is 8.23. The quantitative estimate of drug-likeness (QED) is 0.830. The highest BCUT2D eigenvalue weighted by atomic mass is 16.6. The van der Waals surface area contributed by atoms with E-state index in [2.05, 4.69) is 0 Å². The molecule has 2 heterocycles. The summed E-state index contributed by atoms with van der Waals surface area (Å²) >= 11 is 0. The minimum Gasteiger partial charge on any atom is -0.450 e. The Balaban J connectivity index is 1.87. The SMILES string of the molecule is CCOC(=O)N1CCN(C(=O)c2cn(CC)c3ccc(C)cc3c2=O)CC1. The van der Waals surface area contributed by atoms with E-state index in [9.17, 15) is 14.4 Å². The lowest BCUT2D eigenvalue weighted by atomic mass is 10.1. The van der Waals surface area contributed by atoms with Crippen LogP contribution in [0.5, 0.6) is 0 Å². The van der Waals surface area contributed by atoms with Gasteiger partial charge in [0.1, 0.15) is 5.56 Å². The average molecular weight is 371 g/mol. The maximum Gasteiger partial charge on any atom is 0.409 e. The second-order valence-corrected chi connectivity index (χ2v) is 6.66. The second-order valence-electron chi connectivity index (χ2n) is 6.66. The summed E-state index contributed by atoms with van der Waals surface area (Å²) in [5.41, 5.74) is 1.75. The molecule has 1 saturated heterocycles. The number of pyridine rings is 1. The van der Waals surface area contributed by atoms with Gasteiger partial charge in [-0.25, -0.2) is 4.79 Å². The molecule has 0 atom stereocenters. The van der Waals surface area contributed by atoms with Crippen molar-refractivity contribution in [2.75, 3.05) is 32.8 Å². The van der Waals surface area contributed by atoms with Crippen LogP contribution >= 0.6 is 0 Å². The molecular formula is C20H25N3O4. The summed E-state index contributed by atoms with van der Waals surface area (Å²) in [5.74, 6) is -0.283. The lowest BCUT2D eigenvalue weighted by molar-refractivity contribution is 0.0569. The maximum absolute atomic E-state index is 13.0. The van der Waals surface area contributed by atoms with E-state index in [1.54, 1.807) is 22.9 Å². The van der Waals surface area contributed by atoms with Crippen LogP contribution in [0.2, 0.25) is 0 Å². The Hall–Kier alpha value is -2.83. The van der Waals surface area contributed by atoms with Crippen LogP contribution in [-0.4, -0.2) is 59.2 Å². The molecule has 0 radical (unpaired) electrons. The van der Waals surface area contributed by atoms with Crippen molar-refractivity contribution in [3.63, 3.8) is 0 Å². The summed E-state index contributed by atoms with van der Waals surface area (Å²) in [5, 5.41) is 0.563. The number of carbonyl (C=O) groups is 2. The molecule has 0 N–H and O–H groups in total. The number of rotatable bonds is 3. The monoisotopic (exact) mass is 371 g/mol. The van der Waals surface area contributed by atoms with E-state index in [1.807, 2.05) is 36.6 Å². The van der Waals surface area contributed by atoms with Crippen molar-refractivity contribution in [3.05, 3.63) is 45.7 Å². The van der Waals surface area contributed by atoms with E-state index >= 15 is 0 Å². The highest BCUT2D eigenvalue weighted by molar-refractivity contribution is 5.97. The van der Waals surface area contributed by atoms with Gasteiger partial charge in [-0.15, -0.1) is 0 Å². The van der Waals surface area contributed by atoms with Gasteiger partial charge in [0.25, 0.3) is 5.91 Å². The Morgan fingerprint density at radius 1 is 1.07 bits per heavy atom. The summed E-state index contributed by atoms with van der Waals surface area (Å²) in [6.07, 6.45) is 1.29. The number of aromatic nitrogens is 1. The molecule has 7 heteroatoms. The molecule has 0 unspecified atom stereocenters. The molecule has 0 aliphatic carbocycles. The molecule has 1 aliphatic rings. The number of benzene rings is 1. The number of carbonyl (C=O) groups excluding carboxylic acids is 2. The van der Waals surface area contributed by atoms with Gasteiger partial charge in [0.2, 0.25) is 5.43 Å². The number of piperazine rings is 1. The molecule has 1 aromatic carbocycles. The van der Waals surface area contributed by atoms with E-state index in [4.69, 9.17) is 4.74 Å². The van der Waals surface area contributed by atoms with E-state index in [1.165, 1.54) is 0 Å². The third kappa shape index (κ3) is 3.67. The number of hydrogen-bond donors (Lipinski definition) is 0. The third-order valence-electron chi connectivity index (χ3n) is 4.90. The van der Waals surface area contributed by atoms with Gasteiger partial charge in [-0.3, -0.25) is 9.59 Å². The van der Waals surface area contributed by atoms with Crippen molar-refractivity contribution in [1.29, 1.82) is 0 Å². The first-order valence-corrected chi connectivity index (χ1v) is 9.31. The summed E-state index contributed by atoms with van der Waals surface area (Å²) < 4.78 is 6.93. The van der Waals surface area contributed by atoms with Crippen molar-refractivity contribution < 1.29 is 14.3 Å². The Labute approximate surface area is 158 Å². The van der Waals surface area contributed by atoms with Crippen molar-refractivity contribution >= 4 is 22.9 Å². The Morgan fingerprint density at radius 2 is 1.74 bits per heavy atom. The number of fused-ring (bicyclic) bond motifs is 1. The van der Waals surface area contributed by atoms with E-state index < -0.39 is 0 Å². The fraction of sp³-hybridized carbons (Fsp3) is 0.450. The molecule has 0 saturated carbocycles. The first kappa shape index (κ1) is 18.9. The van der Waals surface area contributed by atoms with Crippen LogP contribution < -0.4 is 5.43 Å². The minimum atomic E-state index is -0.362. The van der Waals surface area contributed by atoms with Crippen LogP contribution in [0.3, 0.4) is 0 Å². The van der Waals surface area contributed by atoms with Crippen LogP contribution in [0.15, 0.2) is 29.2 Å². The van der Waals surface area contributed by atoms with Crippen LogP contribution in [0.25, 0.3) is 10.9 Å². The average Bonchev–Trinajstić information content (AvgIpc) is 2.68. The van der Waals surface area contributed by atoms with Gasteiger partial charge in [0.05, 0.1) is 12.1 Å². The van der Waals surface area contributed by atoms with Gasteiger partial charge < -0.3 is 19.1 Å². The molecule has 2 amide bonds. The zero-order chi connectivity index (χ0) is 19.6. The number of amides is 2. The largest absolute Gasteiger partial charge is 0.450 e. The fourth-order valence-corrected chi connectivity index (χ4v) is 3.40. The van der Waals surface area contributed by atoms with E-state index in [-0.39, 0.29) is 23.0 Å². The highest BCUT2D eigenvalue weighted by Gasteiger charge is 2.27. The lowest BCUT2D eigenvalue weighted by Crippen LogP contribution is -2.51. The first-order chi connectivity index (χ1) is 13.0. The Morgan fingerprint density at radius 3 is 2.37 bits per heavy atom. The summed E-state index contributed by atoms with van der Waals surface area (Å²) in [6, 6.07) is 5.71. The molecule has 1 aliphatic heterocycles. The normalized spacial score (nSPS) is 14.5. The van der Waals surface area contributed by atoms with E-state index in [0.717, 1.165) is 11.1 Å². The van der Waals surface area contributed by atoms with Gasteiger partial charge >= 0.3 is 6.09 Å². The predicted molar refractivity (Wildman–Crippen MR) is 103 cm³/mol. The molecule has 1 aromatic heterocycles. The molecule has 7 nitrogen and oxygen atoms in total. The highest BCUT2D eigenvalue weighted by Crippen LogP contribution is 2.16. The number of ether oxygens (including phenoxy) is 1. The predicted octanol–water partition coefficient (Wildman–Crippen LogP) is 2.24. The van der Waals surface area contributed by atoms with Crippen LogP contribution in [0, 0.1) is 6.92 Å². The zero-order valence-electron chi connectivity index (χ0n) is 16.0. The molecule has 0 bridgehead atoms. The second kappa shape index (κ2) is 7.82. The number of aryl methyl sites for hydroxylation is 2. The van der Waals surface area contributed by atoms with Gasteiger partial charge in [-0.1, -0.05) is 11.6 Å². The zero-order valence-corrected chi connectivity index (χ0v) is 16.0. The summed E-state index contributed by atoms with van der Waals surface area (Å²) in [7, 11) is 0. The molecule has 0 spiro atoms. The van der Waals surface area contributed by atoms with Crippen LogP contribution in [0.4, 0.5) is 4.79 Å². The first-order valence-electron chi connectivity index (χ1n) is 9.31. The molecule has 27 heavy (non-hydrogen) atoms. The fourth-order valence-electron chi connectivity index (χ4n) is 3.40. The minimum absolute atomic E-state index is 0.180. The number of nitrogens with zero attached hydrogens (tertiary/aromatic N) is 3. The van der Waals surface area contributed by atoms with Gasteiger partial charge in [0, 0.05) is 44.3 Å². The Bertz CT molecular complexity index is 927. The third-order valence-corrected chi connectivity index (χ3v) is 4.90. The molecular weight excluding hydrogens is 346 g/mol. The van der Waals surface area contributed by atoms with E-state index in [0.29, 0.717) is 44.7 Å². The maximum atomic E-state index is 13.0. The van der Waals surface area contributed by atoms with Gasteiger partial charge in [0.15, 0.2) is 0 Å². The molecule has 144 valence electrons. The van der Waals surface area contributed by atoms with Crippen molar-refractivity contribution in [1.82, 2.24) is 14.4 Å². The Kier molecular flexibility index (Phi) is 5.48. The lowest BCUT2D eigenvalue weighted by Gasteiger charge is -2.34. The van der Waals surface area contributed by atoms with Crippen LogP contribution in [0.1, 0.15) is 29.8 Å². The smallest absolute Gasteiger partial charge is 0.409 e. The van der Waals surface area contributed by atoms with Gasteiger partial charge in [-0.2, -0.15) is 0 Å². The van der Waals surface area contributed by atoms with Crippen molar-refractivity contribution in [2.24, 2.45) is 0 Å². The molecule has 3 rings (SSSR count). The van der Waals surface area contributed by atoms with Crippen molar-refractivity contribution in [2.45, 2.75) is 27.3 Å². The van der Waals surface area contributed by atoms with Crippen molar-refractivity contribution in [3.8, 4) is 0 Å². The van der Waals surface area contributed by atoms with Gasteiger partial charge in [-0.05, 0) is 32.9 Å². The standard InChI is InChI=1S/C20H25N3O4/c1-4-21-13-16(18(24)15-12-14(3)6-7-17(15)21)19(25)22-8-10-23(11-9-22)20(26)27-5-2/h6-7,12-13H,4-5,8-11H2,1-3H3. The number of hydrogen-bond acceptors (Lipinski definition) is 4. The summed E-state index contributed by atoms with van der Waals surface area (Å²) in [4.78, 5) is 41.0. The topological polar surface area (TPSA) is 71.8 Å².